The van der Waals surface area contributed by atoms with E-state index in [9.17, 15) is 5.11 Å². The predicted molar refractivity (Wildman–Crippen MR) is 80.5 cm³/mol. The molecule has 0 spiro atoms. The lowest BCUT2D eigenvalue weighted by atomic mass is 10.2. The van der Waals surface area contributed by atoms with Gasteiger partial charge < -0.3 is 19.5 Å². The van der Waals surface area contributed by atoms with E-state index in [2.05, 4.69) is 9.88 Å². The van der Waals surface area contributed by atoms with Crippen molar-refractivity contribution in [3.05, 3.63) is 17.7 Å². The maximum atomic E-state index is 9.22. The number of aliphatic hydroxyl groups excluding tert-OH is 1. The largest absolute Gasteiger partial charge is 0.475 e. The van der Waals surface area contributed by atoms with Crippen LogP contribution >= 0.6 is 0 Å². The number of rotatable bonds is 4. The molecule has 0 aliphatic carbocycles. The molecule has 114 valence electrons. The van der Waals surface area contributed by atoms with E-state index in [1.807, 2.05) is 32.9 Å². The van der Waals surface area contributed by atoms with Gasteiger partial charge in [-0.2, -0.15) is 4.98 Å². The summed E-state index contributed by atoms with van der Waals surface area (Å²) in [6, 6.07) is 3.92. The molecule has 1 aromatic rings. The Morgan fingerprint density at radius 2 is 2.00 bits per heavy atom. The van der Waals surface area contributed by atoms with Crippen LogP contribution in [0.25, 0.3) is 0 Å². The lowest BCUT2D eigenvalue weighted by Crippen LogP contribution is -2.36. The maximum Gasteiger partial charge on any atom is 0.215 e. The third-order valence-electron chi connectivity index (χ3n) is 2.74. The van der Waals surface area contributed by atoms with Gasteiger partial charge >= 0.3 is 0 Å². The van der Waals surface area contributed by atoms with E-state index in [0.29, 0.717) is 5.88 Å². The van der Waals surface area contributed by atoms with E-state index in [1.165, 1.54) is 0 Å². The van der Waals surface area contributed by atoms with Gasteiger partial charge in [0.05, 0.1) is 19.3 Å². The van der Waals surface area contributed by atoms with Gasteiger partial charge in [0.2, 0.25) is 5.88 Å². The number of hydrogen-bond donors (Lipinski definition) is 1. The van der Waals surface area contributed by atoms with Crippen molar-refractivity contribution >= 4 is 5.82 Å². The van der Waals surface area contributed by atoms with E-state index in [0.717, 1.165) is 37.7 Å². The molecular weight excluding hydrogens is 256 g/mol. The fourth-order valence-corrected chi connectivity index (χ4v) is 1.85. The van der Waals surface area contributed by atoms with Crippen LogP contribution in [0.1, 0.15) is 26.3 Å². The highest BCUT2D eigenvalue weighted by atomic mass is 16.5. The molecule has 1 N–H and O–H groups in total. The Labute approximate surface area is 121 Å². The van der Waals surface area contributed by atoms with Crippen molar-refractivity contribution < 1.29 is 14.6 Å². The summed E-state index contributed by atoms with van der Waals surface area (Å²) in [5.41, 5.74) is 1.10. The highest BCUT2D eigenvalue weighted by Crippen LogP contribution is 2.20. The number of aryl methyl sites for hydroxylation is 1. The molecular formula is C15H26N2O3. The fourth-order valence-electron chi connectivity index (χ4n) is 1.85. The van der Waals surface area contributed by atoms with Crippen LogP contribution in [0.2, 0.25) is 0 Å². The number of anilines is 1. The van der Waals surface area contributed by atoms with Crippen molar-refractivity contribution in [2.24, 2.45) is 0 Å². The van der Waals surface area contributed by atoms with E-state index in [4.69, 9.17) is 9.47 Å². The zero-order chi connectivity index (χ0) is 15.0. The summed E-state index contributed by atoms with van der Waals surface area (Å²) in [5.74, 6) is 1.48. The lowest BCUT2D eigenvalue weighted by molar-refractivity contribution is 0.118. The summed E-state index contributed by atoms with van der Waals surface area (Å²) >= 11 is 0. The molecule has 2 heterocycles. The van der Waals surface area contributed by atoms with Crippen LogP contribution in [0.4, 0.5) is 5.82 Å². The van der Waals surface area contributed by atoms with Crippen LogP contribution in [0, 0.1) is 6.92 Å². The van der Waals surface area contributed by atoms with Gasteiger partial charge in [0, 0.05) is 19.2 Å². The first-order valence-electron chi connectivity index (χ1n) is 7.27. The number of aromatic nitrogens is 1. The van der Waals surface area contributed by atoms with Gasteiger partial charge in [-0.3, -0.25) is 0 Å². The average Bonchev–Trinajstić information content (AvgIpc) is 2.47. The number of pyridine rings is 1. The van der Waals surface area contributed by atoms with E-state index >= 15 is 0 Å². The molecule has 20 heavy (non-hydrogen) atoms. The Hall–Kier alpha value is -1.33. The zero-order valence-electron chi connectivity index (χ0n) is 12.9. The Morgan fingerprint density at radius 1 is 1.35 bits per heavy atom. The molecule has 1 aliphatic heterocycles. The molecule has 1 aliphatic rings. The molecule has 0 saturated carbocycles. The van der Waals surface area contributed by atoms with Gasteiger partial charge in [0.15, 0.2) is 0 Å². The SMILES string of the molecule is CC.Cc1cc(OCC(C)O)nc(N2CCOCC2)c1. The highest BCUT2D eigenvalue weighted by molar-refractivity contribution is 5.44. The quantitative estimate of drug-likeness (QED) is 0.915. The number of hydrogen-bond acceptors (Lipinski definition) is 5. The first-order valence-corrected chi connectivity index (χ1v) is 7.27. The Bertz CT molecular complexity index is 391. The second kappa shape index (κ2) is 8.76. The van der Waals surface area contributed by atoms with E-state index in [1.54, 1.807) is 6.92 Å². The predicted octanol–water partition coefficient (Wildman–Crippen LogP) is 2.01. The minimum Gasteiger partial charge on any atom is -0.475 e. The van der Waals surface area contributed by atoms with Gasteiger partial charge in [-0.1, -0.05) is 13.8 Å². The third kappa shape index (κ3) is 5.35. The molecule has 2 rings (SSSR count). The second-order valence-electron chi connectivity index (χ2n) is 4.60. The molecule has 1 saturated heterocycles. The van der Waals surface area contributed by atoms with Gasteiger partial charge in [0.1, 0.15) is 12.4 Å². The minimum atomic E-state index is -0.487. The summed E-state index contributed by atoms with van der Waals surface area (Å²) in [5, 5.41) is 9.22. The number of ether oxygens (including phenoxy) is 2. The van der Waals surface area contributed by atoms with Crippen molar-refractivity contribution in [2.75, 3.05) is 37.8 Å². The molecule has 5 nitrogen and oxygen atoms in total. The van der Waals surface area contributed by atoms with Gasteiger partial charge in [-0.15, -0.1) is 0 Å². The monoisotopic (exact) mass is 282 g/mol. The smallest absolute Gasteiger partial charge is 0.215 e. The first-order chi connectivity index (χ1) is 9.65. The molecule has 0 bridgehead atoms. The molecule has 0 radical (unpaired) electrons. The van der Waals surface area contributed by atoms with Crippen LogP contribution in [0.5, 0.6) is 5.88 Å². The Balaban J connectivity index is 0.000000956. The highest BCUT2D eigenvalue weighted by Gasteiger charge is 2.14. The van der Waals surface area contributed by atoms with Crippen molar-refractivity contribution in [3.63, 3.8) is 0 Å². The van der Waals surface area contributed by atoms with Crippen molar-refractivity contribution in [3.8, 4) is 5.88 Å². The van der Waals surface area contributed by atoms with E-state index in [-0.39, 0.29) is 6.61 Å². The van der Waals surface area contributed by atoms with Crippen LogP contribution < -0.4 is 9.64 Å². The topological polar surface area (TPSA) is 54.8 Å². The molecule has 0 amide bonds. The standard InChI is InChI=1S/C13H20N2O3.C2H6/c1-10-7-12(15-3-5-17-6-4-15)14-13(8-10)18-9-11(2)16;1-2/h7-8,11,16H,3-6,9H2,1-2H3;1-2H3. The van der Waals surface area contributed by atoms with E-state index < -0.39 is 6.10 Å². The minimum absolute atomic E-state index is 0.263. The fraction of sp³-hybridized carbons (Fsp3) is 0.667. The first kappa shape index (κ1) is 16.7. The van der Waals surface area contributed by atoms with Crippen molar-refractivity contribution in [1.82, 2.24) is 4.98 Å². The normalized spacial score (nSPS) is 16.1. The zero-order valence-corrected chi connectivity index (χ0v) is 12.9. The van der Waals surface area contributed by atoms with Gasteiger partial charge in [0.25, 0.3) is 0 Å². The summed E-state index contributed by atoms with van der Waals surface area (Å²) in [6.45, 7) is 11.1. The number of aliphatic hydroxyl groups is 1. The maximum absolute atomic E-state index is 9.22. The molecule has 0 aromatic carbocycles. The van der Waals surface area contributed by atoms with Crippen molar-refractivity contribution in [2.45, 2.75) is 33.8 Å². The average molecular weight is 282 g/mol. The lowest BCUT2D eigenvalue weighted by Gasteiger charge is -2.28. The van der Waals surface area contributed by atoms with Crippen LogP contribution in [-0.4, -0.2) is 49.1 Å². The number of morpholine rings is 1. The number of nitrogens with zero attached hydrogens (tertiary/aromatic N) is 2. The molecule has 1 aromatic heterocycles. The Kier molecular flexibility index (Phi) is 7.33. The summed E-state index contributed by atoms with van der Waals surface area (Å²) in [7, 11) is 0. The molecule has 1 fully saturated rings. The Morgan fingerprint density at radius 3 is 2.60 bits per heavy atom. The van der Waals surface area contributed by atoms with Gasteiger partial charge in [-0.05, 0) is 25.5 Å². The van der Waals surface area contributed by atoms with Crippen LogP contribution in [0.3, 0.4) is 0 Å². The third-order valence-corrected chi connectivity index (χ3v) is 2.74. The van der Waals surface area contributed by atoms with Gasteiger partial charge in [-0.25, -0.2) is 0 Å². The second-order valence-corrected chi connectivity index (χ2v) is 4.60. The summed E-state index contributed by atoms with van der Waals surface area (Å²) in [6.07, 6.45) is -0.487. The molecule has 1 atom stereocenters. The summed E-state index contributed by atoms with van der Waals surface area (Å²) < 4.78 is 10.8. The molecule has 1 unspecified atom stereocenters. The van der Waals surface area contributed by atoms with Crippen LogP contribution in [-0.2, 0) is 4.74 Å². The summed E-state index contributed by atoms with van der Waals surface area (Å²) in [4.78, 5) is 6.65. The van der Waals surface area contributed by atoms with Crippen LogP contribution in [0.15, 0.2) is 12.1 Å². The van der Waals surface area contributed by atoms with Crippen molar-refractivity contribution in [1.29, 1.82) is 0 Å². The molecule has 5 heteroatoms.